The molecule has 4 heteroatoms. The second-order valence-corrected chi connectivity index (χ2v) is 5.70. The Labute approximate surface area is 129 Å². The van der Waals surface area contributed by atoms with Gasteiger partial charge in [-0.05, 0) is 43.7 Å². The molecule has 1 atom stereocenters. The number of nitrogens with two attached hydrogens (primary N) is 1. The van der Waals surface area contributed by atoms with Crippen molar-refractivity contribution in [3.05, 3.63) is 63.1 Å². The maximum absolute atomic E-state index is 6.20. The Bertz CT molecular complexity index is 611. The molecular weight excluding hydrogens is 293 g/mol. The van der Waals surface area contributed by atoms with Crippen LogP contribution in [-0.2, 0) is 6.61 Å². The Morgan fingerprint density at radius 3 is 2.55 bits per heavy atom. The van der Waals surface area contributed by atoms with Gasteiger partial charge in [-0.15, -0.1) is 0 Å². The highest BCUT2D eigenvalue weighted by atomic mass is 35.5. The highest BCUT2D eigenvalue weighted by Crippen LogP contribution is 2.28. The van der Waals surface area contributed by atoms with Crippen LogP contribution >= 0.6 is 23.2 Å². The fraction of sp³-hybridized carbons (Fsp3) is 0.250. The van der Waals surface area contributed by atoms with E-state index in [0.29, 0.717) is 16.7 Å². The number of hydrogen-bond donors (Lipinski definition) is 1. The summed E-state index contributed by atoms with van der Waals surface area (Å²) in [7, 11) is 0. The normalized spacial score (nSPS) is 12.2. The molecule has 106 valence electrons. The van der Waals surface area contributed by atoms with Gasteiger partial charge in [-0.25, -0.2) is 0 Å². The first-order valence-corrected chi connectivity index (χ1v) is 7.16. The van der Waals surface area contributed by atoms with E-state index in [4.69, 9.17) is 33.7 Å². The Balaban J connectivity index is 2.18. The zero-order valence-electron chi connectivity index (χ0n) is 11.5. The first kappa shape index (κ1) is 15.2. The molecule has 0 heterocycles. The van der Waals surface area contributed by atoms with Gasteiger partial charge in [-0.2, -0.15) is 0 Å². The molecule has 0 aliphatic rings. The number of benzene rings is 2. The van der Waals surface area contributed by atoms with Gasteiger partial charge in [0.15, 0.2) is 0 Å². The molecule has 0 amide bonds. The van der Waals surface area contributed by atoms with Crippen molar-refractivity contribution in [2.75, 3.05) is 0 Å². The smallest absolute Gasteiger partial charge is 0.124 e. The molecule has 2 aromatic carbocycles. The molecule has 0 aliphatic carbocycles. The van der Waals surface area contributed by atoms with E-state index >= 15 is 0 Å². The standard InChI is InChI=1S/C16H17Cl2NO/c1-10-3-4-12(15(18)7-10)9-20-16-6-5-13(17)8-14(16)11(2)19/h3-8,11H,9,19H2,1-2H3. The molecule has 2 nitrogen and oxygen atoms in total. The predicted molar refractivity (Wildman–Crippen MR) is 84.6 cm³/mol. The van der Waals surface area contributed by atoms with Crippen LogP contribution in [0.2, 0.25) is 10.0 Å². The zero-order valence-corrected chi connectivity index (χ0v) is 13.0. The van der Waals surface area contributed by atoms with Crippen LogP contribution in [-0.4, -0.2) is 0 Å². The zero-order chi connectivity index (χ0) is 14.7. The molecule has 2 N–H and O–H groups in total. The van der Waals surface area contributed by atoms with Crippen LogP contribution < -0.4 is 10.5 Å². The number of aryl methyl sites for hydroxylation is 1. The minimum Gasteiger partial charge on any atom is -0.489 e. The fourth-order valence-electron chi connectivity index (χ4n) is 1.93. The van der Waals surface area contributed by atoms with Crippen molar-refractivity contribution in [3.8, 4) is 5.75 Å². The van der Waals surface area contributed by atoms with Gasteiger partial charge in [0.25, 0.3) is 0 Å². The third kappa shape index (κ3) is 3.66. The molecule has 0 bridgehead atoms. The maximum atomic E-state index is 6.20. The van der Waals surface area contributed by atoms with Crippen molar-refractivity contribution in [1.29, 1.82) is 0 Å². The molecule has 0 spiro atoms. The quantitative estimate of drug-likeness (QED) is 0.871. The van der Waals surface area contributed by atoms with Crippen molar-refractivity contribution in [2.45, 2.75) is 26.5 Å². The summed E-state index contributed by atoms with van der Waals surface area (Å²) in [5.41, 5.74) is 8.90. The lowest BCUT2D eigenvalue weighted by Gasteiger charge is -2.15. The van der Waals surface area contributed by atoms with Gasteiger partial charge < -0.3 is 10.5 Å². The summed E-state index contributed by atoms with van der Waals surface area (Å²) in [6.07, 6.45) is 0. The summed E-state index contributed by atoms with van der Waals surface area (Å²) >= 11 is 12.2. The average Bonchev–Trinajstić information content (AvgIpc) is 2.38. The minimum atomic E-state index is -0.141. The second-order valence-electron chi connectivity index (χ2n) is 4.85. The molecule has 0 saturated carbocycles. The Morgan fingerprint density at radius 1 is 1.15 bits per heavy atom. The van der Waals surface area contributed by atoms with E-state index in [-0.39, 0.29) is 6.04 Å². The van der Waals surface area contributed by atoms with Gasteiger partial charge in [0.2, 0.25) is 0 Å². The van der Waals surface area contributed by atoms with Gasteiger partial charge in [-0.3, -0.25) is 0 Å². The van der Waals surface area contributed by atoms with Crippen LogP contribution in [0.4, 0.5) is 0 Å². The summed E-state index contributed by atoms with van der Waals surface area (Å²) in [5, 5.41) is 1.36. The SMILES string of the molecule is Cc1ccc(COc2ccc(Cl)cc2C(C)N)c(Cl)c1. The summed E-state index contributed by atoms with van der Waals surface area (Å²) in [6, 6.07) is 11.2. The van der Waals surface area contributed by atoms with Crippen molar-refractivity contribution in [2.24, 2.45) is 5.73 Å². The molecule has 0 radical (unpaired) electrons. The summed E-state index contributed by atoms with van der Waals surface area (Å²) in [6.45, 7) is 4.31. The summed E-state index contributed by atoms with van der Waals surface area (Å²) in [5.74, 6) is 0.737. The predicted octanol–water partition coefficient (Wildman–Crippen LogP) is 4.90. The van der Waals surface area contributed by atoms with Crippen molar-refractivity contribution in [3.63, 3.8) is 0 Å². The first-order valence-electron chi connectivity index (χ1n) is 6.40. The van der Waals surface area contributed by atoms with Crippen LogP contribution in [0.3, 0.4) is 0 Å². The van der Waals surface area contributed by atoms with Crippen molar-refractivity contribution < 1.29 is 4.74 Å². The first-order chi connectivity index (χ1) is 9.47. The van der Waals surface area contributed by atoms with E-state index in [1.165, 1.54) is 0 Å². The summed E-state index contributed by atoms with van der Waals surface area (Å²) in [4.78, 5) is 0. The van der Waals surface area contributed by atoms with E-state index < -0.39 is 0 Å². The molecule has 2 rings (SSSR count). The molecule has 0 saturated heterocycles. The van der Waals surface area contributed by atoms with E-state index in [2.05, 4.69) is 0 Å². The third-order valence-electron chi connectivity index (χ3n) is 3.05. The number of rotatable bonds is 4. The minimum absolute atomic E-state index is 0.141. The van der Waals surface area contributed by atoms with E-state index in [1.807, 2.05) is 44.2 Å². The van der Waals surface area contributed by atoms with Crippen LogP contribution in [0.5, 0.6) is 5.75 Å². The van der Waals surface area contributed by atoms with Crippen molar-refractivity contribution in [1.82, 2.24) is 0 Å². The van der Waals surface area contributed by atoms with Gasteiger partial charge in [0, 0.05) is 27.2 Å². The van der Waals surface area contributed by atoms with Gasteiger partial charge in [-0.1, -0.05) is 35.3 Å². The molecule has 0 fully saturated rings. The van der Waals surface area contributed by atoms with Gasteiger partial charge in [0.1, 0.15) is 12.4 Å². The highest BCUT2D eigenvalue weighted by Gasteiger charge is 2.10. The van der Waals surface area contributed by atoms with Gasteiger partial charge >= 0.3 is 0 Å². The lowest BCUT2D eigenvalue weighted by molar-refractivity contribution is 0.301. The lowest BCUT2D eigenvalue weighted by atomic mass is 10.1. The molecular formula is C16H17Cl2NO. The third-order valence-corrected chi connectivity index (χ3v) is 3.64. The maximum Gasteiger partial charge on any atom is 0.124 e. The van der Waals surface area contributed by atoms with E-state index in [1.54, 1.807) is 6.07 Å². The number of hydrogen-bond acceptors (Lipinski definition) is 2. The topological polar surface area (TPSA) is 35.2 Å². The fourth-order valence-corrected chi connectivity index (χ4v) is 2.40. The monoisotopic (exact) mass is 309 g/mol. The lowest BCUT2D eigenvalue weighted by Crippen LogP contribution is -2.08. The van der Waals surface area contributed by atoms with Crippen molar-refractivity contribution >= 4 is 23.2 Å². The highest BCUT2D eigenvalue weighted by molar-refractivity contribution is 6.31. The van der Waals surface area contributed by atoms with Crippen LogP contribution in [0.15, 0.2) is 36.4 Å². The molecule has 0 aromatic heterocycles. The van der Waals surface area contributed by atoms with Gasteiger partial charge in [0.05, 0.1) is 0 Å². The Morgan fingerprint density at radius 2 is 1.90 bits per heavy atom. The summed E-state index contributed by atoms with van der Waals surface area (Å²) < 4.78 is 5.84. The number of halogens is 2. The van der Waals surface area contributed by atoms with Crippen LogP contribution in [0.25, 0.3) is 0 Å². The Hall–Kier alpha value is -1.22. The molecule has 1 unspecified atom stereocenters. The average molecular weight is 310 g/mol. The molecule has 0 aliphatic heterocycles. The Kier molecular flexibility index (Phi) is 4.92. The second kappa shape index (κ2) is 6.49. The van der Waals surface area contributed by atoms with E-state index in [0.717, 1.165) is 22.4 Å². The molecule has 2 aromatic rings. The largest absolute Gasteiger partial charge is 0.489 e. The van der Waals surface area contributed by atoms with E-state index in [9.17, 15) is 0 Å². The molecule has 20 heavy (non-hydrogen) atoms. The van der Waals surface area contributed by atoms with Crippen LogP contribution in [0, 0.1) is 6.92 Å². The number of ether oxygens (including phenoxy) is 1. The van der Waals surface area contributed by atoms with Crippen LogP contribution in [0.1, 0.15) is 29.7 Å².